The predicted molar refractivity (Wildman–Crippen MR) is 164 cm³/mol. The lowest BCUT2D eigenvalue weighted by atomic mass is 9.82. The second-order valence-corrected chi connectivity index (χ2v) is 12.7. The van der Waals surface area contributed by atoms with Crippen molar-refractivity contribution in [2.45, 2.75) is 58.3 Å². The average molecular weight is 534 g/mol. The van der Waals surface area contributed by atoms with Crippen LogP contribution in [0, 0.1) is 0 Å². The highest BCUT2D eigenvalue weighted by Crippen LogP contribution is 2.42. The molecule has 1 aliphatic rings. The van der Waals surface area contributed by atoms with Gasteiger partial charge in [0.05, 0.1) is 22.2 Å². The molecule has 0 amide bonds. The van der Waals surface area contributed by atoms with Gasteiger partial charge in [-0.2, -0.15) is 0 Å². The van der Waals surface area contributed by atoms with Gasteiger partial charge in [-0.25, -0.2) is 0 Å². The molecule has 3 heterocycles. The van der Waals surface area contributed by atoms with Gasteiger partial charge in [-0.1, -0.05) is 42.5 Å². The normalized spacial score (nSPS) is 19.4. The van der Waals surface area contributed by atoms with Crippen LogP contribution in [-0.4, -0.2) is 29.2 Å². The van der Waals surface area contributed by atoms with E-state index in [2.05, 4.69) is 110 Å². The number of benzene rings is 4. The summed E-state index contributed by atoms with van der Waals surface area (Å²) < 4.78 is 23.5. The minimum absolute atomic E-state index is 0.0296. The molecule has 6 heteroatoms. The first kappa shape index (κ1) is 24.9. The maximum absolute atomic E-state index is 6.37. The fourth-order valence-corrected chi connectivity index (χ4v) is 7.01. The summed E-state index contributed by atoms with van der Waals surface area (Å²) >= 11 is 1.85. The SMILES string of the molecule is CC(C)OB1OC(C)(C)C(C)(Cc2ccc3c(c2)c2ccccc2n3-c2ccc3sc4ccccc4c3c2)O1. The summed E-state index contributed by atoms with van der Waals surface area (Å²) in [4.78, 5) is 0. The number of thiophene rings is 1. The van der Waals surface area contributed by atoms with E-state index < -0.39 is 18.5 Å². The van der Waals surface area contributed by atoms with E-state index in [1.54, 1.807) is 0 Å². The quantitative estimate of drug-likeness (QED) is 0.208. The second-order valence-electron chi connectivity index (χ2n) is 11.6. The summed E-state index contributed by atoms with van der Waals surface area (Å²) in [5.74, 6) is 0. The minimum Gasteiger partial charge on any atom is -0.384 e. The zero-order valence-electron chi connectivity index (χ0n) is 23.0. The van der Waals surface area contributed by atoms with Crippen molar-refractivity contribution < 1.29 is 14.0 Å². The Morgan fingerprint density at radius 3 is 2.31 bits per heavy atom. The van der Waals surface area contributed by atoms with E-state index in [4.69, 9.17) is 14.0 Å². The van der Waals surface area contributed by atoms with Crippen molar-refractivity contribution in [1.29, 1.82) is 0 Å². The molecule has 1 atom stereocenters. The summed E-state index contributed by atoms with van der Waals surface area (Å²) in [6.07, 6.45) is 0.752. The third-order valence-electron chi connectivity index (χ3n) is 8.30. The van der Waals surface area contributed by atoms with Crippen molar-refractivity contribution in [3.63, 3.8) is 0 Å². The van der Waals surface area contributed by atoms with Crippen LogP contribution in [0.1, 0.15) is 40.2 Å². The van der Waals surface area contributed by atoms with Gasteiger partial charge in [-0.05, 0) is 82.6 Å². The van der Waals surface area contributed by atoms with Gasteiger partial charge in [0.15, 0.2) is 0 Å². The highest BCUT2D eigenvalue weighted by molar-refractivity contribution is 7.25. The number of hydrogen-bond acceptors (Lipinski definition) is 4. The number of rotatable bonds is 5. The molecule has 0 N–H and O–H groups in total. The maximum atomic E-state index is 6.37. The fraction of sp³-hybridized carbons (Fsp3) is 0.273. The molecule has 2 aromatic heterocycles. The molecule has 0 saturated carbocycles. The first-order valence-corrected chi connectivity index (χ1v) is 14.5. The van der Waals surface area contributed by atoms with Crippen molar-refractivity contribution in [2.75, 3.05) is 0 Å². The van der Waals surface area contributed by atoms with Gasteiger partial charge in [0.2, 0.25) is 0 Å². The van der Waals surface area contributed by atoms with Crippen LogP contribution in [0.25, 0.3) is 47.7 Å². The van der Waals surface area contributed by atoms with E-state index in [-0.39, 0.29) is 6.10 Å². The largest absolute Gasteiger partial charge is 0.640 e. The third kappa shape index (κ3) is 4.01. The predicted octanol–water partition coefficient (Wildman–Crippen LogP) is 8.69. The minimum atomic E-state index is -0.654. The molecule has 0 bridgehead atoms. The fourth-order valence-electron chi connectivity index (χ4n) is 5.93. The highest BCUT2D eigenvalue weighted by atomic mass is 32.1. The number of hydrogen-bond donors (Lipinski definition) is 0. The first-order valence-electron chi connectivity index (χ1n) is 13.7. The molecule has 0 spiro atoms. The van der Waals surface area contributed by atoms with Gasteiger partial charge >= 0.3 is 7.32 Å². The third-order valence-corrected chi connectivity index (χ3v) is 9.45. The molecule has 1 aliphatic heterocycles. The summed E-state index contributed by atoms with van der Waals surface area (Å²) in [6, 6.07) is 31.0. The van der Waals surface area contributed by atoms with E-state index >= 15 is 0 Å². The highest BCUT2D eigenvalue weighted by Gasteiger charge is 2.55. The van der Waals surface area contributed by atoms with Crippen LogP contribution >= 0.6 is 11.3 Å². The monoisotopic (exact) mass is 533 g/mol. The van der Waals surface area contributed by atoms with Crippen molar-refractivity contribution in [2.24, 2.45) is 0 Å². The van der Waals surface area contributed by atoms with Crippen LogP contribution in [0.2, 0.25) is 0 Å². The first-order chi connectivity index (χ1) is 18.7. The van der Waals surface area contributed by atoms with E-state index in [1.807, 2.05) is 25.2 Å². The number of aromatic nitrogens is 1. The molecule has 39 heavy (non-hydrogen) atoms. The summed E-state index contributed by atoms with van der Waals surface area (Å²) in [7, 11) is -0.654. The molecule has 196 valence electrons. The van der Waals surface area contributed by atoms with E-state index in [0.29, 0.717) is 0 Å². The van der Waals surface area contributed by atoms with Gasteiger partial charge < -0.3 is 18.5 Å². The Morgan fingerprint density at radius 2 is 1.49 bits per heavy atom. The number of nitrogens with zero attached hydrogens (tertiary/aromatic N) is 1. The molecule has 0 aliphatic carbocycles. The molecular weight excluding hydrogens is 501 g/mol. The number of fused-ring (bicyclic) bond motifs is 6. The Kier molecular flexibility index (Phi) is 5.69. The Morgan fingerprint density at radius 1 is 0.769 bits per heavy atom. The molecule has 4 aromatic carbocycles. The lowest BCUT2D eigenvalue weighted by Crippen LogP contribution is -2.46. The zero-order valence-corrected chi connectivity index (χ0v) is 23.8. The van der Waals surface area contributed by atoms with Gasteiger partial charge in [-0.3, -0.25) is 0 Å². The molecule has 0 radical (unpaired) electrons. The van der Waals surface area contributed by atoms with E-state index in [1.165, 1.54) is 53.2 Å². The molecule has 1 unspecified atom stereocenters. The Labute approximate surface area is 233 Å². The van der Waals surface area contributed by atoms with Crippen LogP contribution in [0.15, 0.2) is 84.9 Å². The summed E-state index contributed by atoms with van der Waals surface area (Å²) in [5, 5.41) is 5.12. The topological polar surface area (TPSA) is 32.6 Å². The molecule has 7 rings (SSSR count). The van der Waals surface area contributed by atoms with Gasteiger partial charge in [0.25, 0.3) is 0 Å². The molecule has 1 saturated heterocycles. The van der Waals surface area contributed by atoms with Crippen LogP contribution in [0.4, 0.5) is 0 Å². The Hall–Kier alpha value is -3.16. The Bertz CT molecular complexity index is 1870. The van der Waals surface area contributed by atoms with Gasteiger partial charge in [0, 0.05) is 49.2 Å². The van der Waals surface area contributed by atoms with Crippen molar-refractivity contribution in [1.82, 2.24) is 4.57 Å². The second kappa shape index (κ2) is 8.93. The molecule has 1 fully saturated rings. The van der Waals surface area contributed by atoms with Crippen LogP contribution in [0.5, 0.6) is 0 Å². The standard InChI is InChI=1S/C33H32BNO3S/c1-21(2)36-34-37-32(3,4)33(5,38-34)20-22-14-16-29-26(18-22)24-10-6-8-12-28(24)35(29)23-15-17-31-27(19-23)25-11-7-9-13-30(25)39-31/h6-19,21H,20H2,1-5H3. The number of para-hydroxylation sites is 1. The van der Waals surface area contributed by atoms with Crippen molar-refractivity contribution >= 4 is 60.6 Å². The van der Waals surface area contributed by atoms with Crippen LogP contribution in [-0.2, 0) is 20.4 Å². The van der Waals surface area contributed by atoms with Crippen LogP contribution < -0.4 is 0 Å². The lowest BCUT2D eigenvalue weighted by Gasteiger charge is -2.36. The molecule has 4 nitrogen and oxygen atoms in total. The van der Waals surface area contributed by atoms with E-state index in [9.17, 15) is 0 Å². The van der Waals surface area contributed by atoms with Crippen molar-refractivity contribution in [3.05, 3.63) is 90.5 Å². The maximum Gasteiger partial charge on any atom is 0.640 e. The van der Waals surface area contributed by atoms with Gasteiger partial charge in [0.1, 0.15) is 0 Å². The average Bonchev–Trinajstić information content (AvgIpc) is 3.49. The zero-order chi connectivity index (χ0) is 26.9. The lowest BCUT2D eigenvalue weighted by molar-refractivity contribution is -0.00881. The smallest absolute Gasteiger partial charge is 0.384 e. The van der Waals surface area contributed by atoms with Crippen molar-refractivity contribution in [3.8, 4) is 5.69 Å². The van der Waals surface area contributed by atoms with Gasteiger partial charge in [-0.15, -0.1) is 11.3 Å². The molecule has 6 aromatic rings. The summed E-state index contributed by atoms with van der Waals surface area (Å²) in [6.45, 7) is 10.3. The Balaban J connectivity index is 1.34. The molecular formula is C33H32BNO3S. The van der Waals surface area contributed by atoms with Crippen LogP contribution in [0.3, 0.4) is 0 Å². The van der Waals surface area contributed by atoms with E-state index in [0.717, 1.165) is 6.42 Å². The summed E-state index contributed by atoms with van der Waals surface area (Å²) in [5.41, 5.74) is 3.79.